The summed E-state index contributed by atoms with van der Waals surface area (Å²) in [5.41, 5.74) is 0.911. The highest BCUT2D eigenvalue weighted by molar-refractivity contribution is 6.04. The highest BCUT2D eigenvalue weighted by atomic mass is 16.5. The highest BCUT2D eigenvalue weighted by Crippen LogP contribution is 2.25. The highest BCUT2D eigenvalue weighted by Gasteiger charge is 2.35. The zero-order valence-corrected chi connectivity index (χ0v) is 14.4. The van der Waals surface area contributed by atoms with Crippen LogP contribution in [-0.4, -0.2) is 78.9 Å². The summed E-state index contributed by atoms with van der Waals surface area (Å²) in [6.07, 6.45) is 0. The van der Waals surface area contributed by atoms with Crippen LogP contribution in [0.1, 0.15) is 5.56 Å². The number of urea groups is 1. The molecule has 1 aromatic carbocycles. The van der Waals surface area contributed by atoms with E-state index >= 15 is 0 Å². The number of ether oxygens (including phenoxy) is 1. The Hall–Kier alpha value is -2.61. The molecule has 1 aromatic rings. The summed E-state index contributed by atoms with van der Waals surface area (Å²) in [6, 6.07) is 6.90. The second-order valence-electron chi connectivity index (χ2n) is 6.50. The van der Waals surface area contributed by atoms with Gasteiger partial charge in [-0.15, -0.1) is 0 Å². The maximum absolute atomic E-state index is 12.9. The largest absolute Gasteiger partial charge is 0.491 e. The van der Waals surface area contributed by atoms with Crippen molar-refractivity contribution in [3.8, 4) is 5.75 Å². The number of nitrogens with zero attached hydrogens (tertiary/aromatic N) is 3. The Morgan fingerprint density at radius 2 is 2.08 bits per heavy atom. The summed E-state index contributed by atoms with van der Waals surface area (Å²) in [5.74, 6) is 0.114. The molecule has 0 spiro atoms. The van der Waals surface area contributed by atoms with Gasteiger partial charge in [-0.05, 0) is 20.2 Å². The molecule has 0 saturated carbocycles. The van der Waals surface area contributed by atoms with Crippen molar-refractivity contribution in [1.29, 1.82) is 0 Å². The molecule has 2 aliphatic rings. The van der Waals surface area contributed by atoms with E-state index in [1.165, 1.54) is 0 Å². The van der Waals surface area contributed by atoms with Crippen LogP contribution in [0.15, 0.2) is 24.3 Å². The van der Waals surface area contributed by atoms with E-state index in [0.29, 0.717) is 19.7 Å². The summed E-state index contributed by atoms with van der Waals surface area (Å²) < 4.78 is 5.87. The molecule has 134 valence electrons. The third kappa shape index (κ3) is 3.74. The van der Waals surface area contributed by atoms with Gasteiger partial charge in [0.15, 0.2) is 0 Å². The molecule has 1 N–H and O–H groups in total. The van der Waals surface area contributed by atoms with Crippen LogP contribution >= 0.6 is 0 Å². The second-order valence-corrected chi connectivity index (χ2v) is 6.50. The third-order valence-electron chi connectivity index (χ3n) is 4.31. The van der Waals surface area contributed by atoms with Crippen molar-refractivity contribution in [3.05, 3.63) is 29.8 Å². The van der Waals surface area contributed by atoms with E-state index < -0.39 is 6.03 Å². The molecule has 0 aliphatic carbocycles. The van der Waals surface area contributed by atoms with Crippen molar-refractivity contribution in [2.45, 2.75) is 12.6 Å². The van der Waals surface area contributed by atoms with Gasteiger partial charge in [-0.1, -0.05) is 18.2 Å². The molecule has 2 heterocycles. The minimum absolute atomic E-state index is 0.0564. The van der Waals surface area contributed by atoms with Gasteiger partial charge < -0.3 is 19.9 Å². The standard InChI is InChI=1S/C17H22N4O4/c1-19(2)9-13-11-25-14-6-4-3-5-12(14)8-20(13)16(23)10-21-15(22)7-18-17(21)24/h3-6,13H,7-11H2,1-2H3,(H,18,24)/t13-/m0/s1. The maximum atomic E-state index is 12.9. The van der Waals surface area contributed by atoms with E-state index in [2.05, 4.69) is 5.32 Å². The maximum Gasteiger partial charge on any atom is 0.325 e. The van der Waals surface area contributed by atoms with Gasteiger partial charge in [0, 0.05) is 18.7 Å². The molecule has 4 amide bonds. The van der Waals surface area contributed by atoms with Gasteiger partial charge in [0.1, 0.15) is 18.9 Å². The molecule has 1 fully saturated rings. The van der Waals surface area contributed by atoms with Crippen LogP contribution in [0, 0.1) is 0 Å². The minimum atomic E-state index is -0.519. The van der Waals surface area contributed by atoms with Gasteiger partial charge in [-0.3, -0.25) is 14.5 Å². The quantitative estimate of drug-likeness (QED) is 0.770. The fraction of sp³-hybridized carbons (Fsp3) is 0.471. The van der Waals surface area contributed by atoms with E-state index in [0.717, 1.165) is 16.2 Å². The number of imide groups is 1. The summed E-state index contributed by atoms with van der Waals surface area (Å²) >= 11 is 0. The molecule has 1 saturated heterocycles. The predicted octanol–water partition coefficient (Wildman–Crippen LogP) is -0.110. The first kappa shape index (κ1) is 17.2. The van der Waals surface area contributed by atoms with Crippen molar-refractivity contribution in [2.75, 3.05) is 40.3 Å². The summed E-state index contributed by atoms with van der Waals surface area (Å²) in [6.45, 7) is 1.06. The van der Waals surface area contributed by atoms with E-state index in [9.17, 15) is 14.4 Å². The number of nitrogens with one attached hydrogen (secondary N) is 1. The van der Waals surface area contributed by atoms with Gasteiger partial charge >= 0.3 is 6.03 Å². The number of carbonyl (C=O) groups excluding carboxylic acids is 3. The van der Waals surface area contributed by atoms with Crippen molar-refractivity contribution >= 4 is 17.8 Å². The third-order valence-corrected chi connectivity index (χ3v) is 4.31. The Balaban J connectivity index is 1.81. The molecule has 0 radical (unpaired) electrons. The average Bonchev–Trinajstić information content (AvgIpc) is 2.79. The van der Waals surface area contributed by atoms with E-state index in [4.69, 9.17) is 4.74 Å². The lowest BCUT2D eigenvalue weighted by Crippen LogP contribution is -2.51. The van der Waals surface area contributed by atoms with Gasteiger partial charge in [0.05, 0.1) is 12.6 Å². The van der Waals surface area contributed by atoms with E-state index in [1.54, 1.807) is 4.90 Å². The van der Waals surface area contributed by atoms with Crippen LogP contribution in [0.2, 0.25) is 0 Å². The second kappa shape index (κ2) is 7.10. The lowest BCUT2D eigenvalue weighted by atomic mass is 10.1. The van der Waals surface area contributed by atoms with Crippen LogP contribution in [0.5, 0.6) is 5.75 Å². The fourth-order valence-corrected chi connectivity index (χ4v) is 3.07. The molecule has 3 rings (SSSR count). The molecule has 1 atom stereocenters. The molecule has 0 unspecified atom stereocenters. The van der Waals surface area contributed by atoms with Crippen LogP contribution in [0.4, 0.5) is 4.79 Å². The normalized spacial score (nSPS) is 20.2. The van der Waals surface area contributed by atoms with Crippen LogP contribution in [0.3, 0.4) is 0 Å². The molecular weight excluding hydrogens is 324 g/mol. The number of carbonyl (C=O) groups is 3. The number of benzene rings is 1. The fourth-order valence-electron chi connectivity index (χ4n) is 3.07. The van der Waals surface area contributed by atoms with Crippen LogP contribution < -0.4 is 10.1 Å². The number of likely N-dealkylation sites (N-methyl/N-ethyl adjacent to an activating group) is 1. The Kier molecular flexibility index (Phi) is 4.89. The monoisotopic (exact) mass is 346 g/mol. The number of hydrogen-bond acceptors (Lipinski definition) is 5. The summed E-state index contributed by atoms with van der Waals surface area (Å²) in [4.78, 5) is 41.0. The molecule has 2 aliphatic heterocycles. The number of amides is 4. The smallest absolute Gasteiger partial charge is 0.325 e. The number of rotatable bonds is 4. The minimum Gasteiger partial charge on any atom is -0.491 e. The topological polar surface area (TPSA) is 82.2 Å². The Bertz CT molecular complexity index is 675. The Labute approximate surface area is 146 Å². The number of hydrogen-bond donors (Lipinski definition) is 1. The van der Waals surface area contributed by atoms with E-state index in [-0.39, 0.29) is 30.9 Å². The van der Waals surface area contributed by atoms with Crippen molar-refractivity contribution < 1.29 is 19.1 Å². The first-order chi connectivity index (χ1) is 12.0. The van der Waals surface area contributed by atoms with Crippen molar-refractivity contribution in [2.24, 2.45) is 0 Å². The summed E-state index contributed by atoms with van der Waals surface area (Å²) in [7, 11) is 3.86. The SMILES string of the molecule is CN(C)C[C@H]1COc2ccccc2CN1C(=O)CN1C(=O)CNC1=O. The molecular formula is C17H22N4O4. The van der Waals surface area contributed by atoms with Gasteiger partial charge in [-0.2, -0.15) is 0 Å². The average molecular weight is 346 g/mol. The molecule has 0 aromatic heterocycles. The zero-order chi connectivity index (χ0) is 18.0. The van der Waals surface area contributed by atoms with Crippen LogP contribution in [-0.2, 0) is 16.1 Å². The first-order valence-electron chi connectivity index (χ1n) is 8.19. The number of fused-ring (bicyclic) bond motifs is 1. The van der Waals surface area contributed by atoms with Crippen molar-refractivity contribution in [1.82, 2.24) is 20.0 Å². The zero-order valence-electron chi connectivity index (χ0n) is 14.4. The lowest BCUT2D eigenvalue weighted by Gasteiger charge is -2.32. The number of para-hydroxylation sites is 1. The molecule has 8 nitrogen and oxygen atoms in total. The van der Waals surface area contributed by atoms with Crippen LogP contribution in [0.25, 0.3) is 0 Å². The van der Waals surface area contributed by atoms with E-state index in [1.807, 2.05) is 43.3 Å². The molecule has 0 bridgehead atoms. The van der Waals surface area contributed by atoms with Crippen molar-refractivity contribution in [3.63, 3.8) is 0 Å². The predicted molar refractivity (Wildman–Crippen MR) is 89.9 cm³/mol. The van der Waals surface area contributed by atoms with Gasteiger partial charge in [0.2, 0.25) is 5.91 Å². The first-order valence-corrected chi connectivity index (χ1v) is 8.19. The van der Waals surface area contributed by atoms with Gasteiger partial charge in [-0.25, -0.2) is 4.79 Å². The Morgan fingerprint density at radius 1 is 1.32 bits per heavy atom. The molecule has 8 heteroatoms. The Morgan fingerprint density at radius 3 is 2.76 bits per heavy atom. The lowest BCUT2D eigenvalue weighted by molar-refractivity contribution is -0.139. The summed E-state index contributed by atoms with van der Waals surface area (Å²) in [5, 5.41) is 2.43. The molecule has 25 heavy (non-hydrogen) atoms. The van der Waals surface area contributed by atoms with Gasteiger partial charge in [0.25, 0.3) is 5.91 Å².